The Morgan fingerprint density at radius 1 is 1.38 bits per heavy atom. The molecule has 0 atom stereocenters. The zero-order valence-corrected chi connectivity index (χ0v) is 11.4. The van der Waals surface area contributed by atoms with Crippen LogP contribution in [0.25, 0.3) is 5.69 Å². The molecule has 0 unspecified atom stereocenters. The van der Waals surface area contributed by atoms with E-state index in [4.69, 9.17) is 4.42 Å². The Bertz CT molecular complexity index is 748. The molecule has 21 heavy (non-hydrogen) atoms. The summed E-state index contributed by atoms with van der Waals surface area (Å²) >= 11 is 0. The molecule has 7 nitrogen and oxygen atoms in total. The molecule has 1 N–H and O–H groups in total. The summed E-state index contributed by atoms with van der Waals surface area (Å²) in [5.41, 5.74) is 2.10. The van der Waals surface area contributed by atoms with Gasteiger partial charge in [0.05, 0.1) is 5.69 Å². The Balaban J connectivity index is 1.77. The van der Waals surface area contributed by atoms with Crippen molar-refractivity contribution in [2.75, 3.05) is 0 Å². The zero-order valence-electron chi connectivity index (χ0n) is 11.4. The predicted octanol–water partition coefficient (Wildman–Crippen LogP) is 1.49. The molecule has 3 rings (SSSR count). The summed E-state index contributed by atoms with van der Waals surface area (Å²) in [7, 11) is 0. The number of rotatable bonds is 4. The van der Waals surface area contributed by atoms with E-state index in [0.717, 1.165) is 11.3 Å². The summed E-state index contributed by atoms with van der Waals surface area (Å²) in [5, 5.41) is 6.93. The van der Waals surface area contributed by atoms with Crippen LogP contribution in [0, 0.1) is 6.92 Å². The lowest BCUT2D eigenvalue weighted by Crippen LogP contribution is -2.24. The normalized spacial score (nSPS) is 10.5. The largest absolute Gasteiger partial charge is 0.448 e. The van der Waals surface area contributed by atoms with Crippen molar-refractivity contribution in [3.05, 3.63) is 60.3 Å². The minimum Gasteiger partial charge on any atom is -0.448 e. The predicted molar refractivity (Wildman–Crippen MR) is 73.8 cm³/mol. The molecule has 0 saturated heterocycles. The maximum absolute atomic E-state index is 12.0. The van der Waals surface area contributed by atoms with Gasteiger partial charge in [0.25, 0.3) is 5.91 Å². The molecule has 0 radical (unpaired) electrons. The number of benzene rings is 1. The maximum atomic E-state index is 12.0. The molecule has 0 aliphatic carbocycles. The first kappa shape index (κ1) is 13.0. The van der Waals surface area contributed by atoms with E-state index in [9.17, 15) is 4.79 Å². The molecule has 7 heteroatoms. The van der Waals surface area contributed by atoms with Crippen LogP contribution in [0.4, 0.5) is 0 Å². The molecule has 2 aromatic heterocycles. The van der Waals surface area contributed by atoms with Crippen LogP contribution in [0.3, 0.4) is 0 Å². The smallest absolute Gasteiger partial charge is 0.273 e. The molecule has 0 fully saturated rings. The number of aryl methyl sites for hydroxylation is 1. The molecule has 0 bridgehead atoms. The van der Waals surface area contributed by atoms with Gasteiger partial charge in [-0.05, 0) is 18.6 Å². The van der Waals surface area contributed by atoms with E-state index in [1.807, 2.05) is 24.3 Å². The van der Waals surface area contributed by atoms with E-state index in [-0.39, 0.29) is 5.91 Å². The van der Waals surface area contributed by atoms with Crippen molar-refractivity contribution in [3.63, 3.8) is 0 Å². The molecule has 0 saturated carbocycles. The van der Waals surface area contributed by atoms with Gasteiger partial charge in [-0.15, -0.1) is 0 Å². The van der Waals surface area contributed by atoms with Crippen LogP contribution in [0.5, 0.6) is 0 Å². The number of carbonyl (C=O) groups is 1. The Kier molecular flexibility index (Phi) is 3.46. The Morgan fingerprint density at radius 2 is 2.24 bits per heavy atom. The number of hydrogen-bond donors (Lipinski definition) is 1. The fraction of sp³-hybridized carbons (Fsp3) is 0.143. The van der Waals surface area contributed by atoms with E-state index >= 15 is 0 Å². The van der Waals surface area contributed by atoms with Crippen molar-refractivity contribution < 1.29 is 9.21 Å². The van der Waals surface area contributed by atoms with Crippen molar-refractivity contribution in [1.29, 1.82) is 0 Å². The van der Waals surface area contributed by atoms with Gasteiger partial charge < -0.3 is 9.73 Å². The summed E-state index contributed by atoms with van der Waals surface area (Å²) in [6.07, 6.45) is 4.34. The molecule has 1 aromatic carbocycles. The van der Waals surface area contributed by atoms with E-state index < -0.39 is 0 Å². The molecule has 0 aliphatic heterocycles. The van der Waals surface area contributed by atoms with E-state index in [0.29, 0.717) is 18.0 Å². The van der Waals surface area contributed by atoms with Gasteiger partial charge in [-0.25, -0.2) is 14.6 Å². The number of nitrogens with zero attached hydrogens (tertiary/aromatic N) is 4. The van der Waals surface area contributed by atoms with Crippen molar-refractivity contribution in [1.82, 2.24) is 25.1 Å². The number of nitrogens with one attached hydrogen (secondary N) is 1. The lowest BCUT2D eigenvalue weighted by atomic mass is 10.1. The second kappa shape index (κ2) is 5.58. The third-order valence-corrected chi connectivity index (χ3v) is 3.06. The number of oxazole rings is 1. The molecule has 0 aliphatic rings. The lowest BCUT2D eigenvalue weighted by Gasteiger charge is -2.09. The number of para-hydroxylation sites is 1. The molecule has 3 aromatic rings. The van der Waals surface area contributed by atoms with Gasteiger partial charge >= 0.3 is 0 Å². The fourth-order valence-corrected chi connectivity index (χ4v) is 2.00. The van der Waals surface area contributed by atoms with E-state index in [1.54, 1.807) is 17.9 Å². The minimum atomic E-state index is -0.269. The van der Waals surface area contributed by atoms with E-state index in [2.05, 4.69) is 20.4 Å². The van der Waals surface area contributed by atoms with Gasteiger partial charge in [-0.2, -0.15) is 5.10 Å². The molecular weight excluding hydrogens is 270 g/mol. The van der Waals surface area contributed by atoms with Crippen LogP contribution in [-0.2, 0) is 6.54 Å². The SMILES string of the molecule is Cc1ocnc1C(=O)NCc1ccccc1-n1cncn1. The zero-order chi connectivity index (χ0) is 14.7. The second-order valence-corrected chi connectivity index (χ2v) is 4.41. The maximum Gasteiger partial charge on any atom is 0.273 e. The Morgan fingerprint density at radius 3 is 2.95 bits per heavy atom. The van der Waals surface area contributed by atoms with Crippen LogP contribution in [-0.4, -0.2) is 25.7 Å². The van der Waals surface area contributed by atoms with Crippen molar-refractivity contribution in [2.24, 2.45) is 0 Å². The van der Waals surface area contributed by atoms with Gasteiger partial charge in [0.1, 0.15) is 18.4 Å². The van der Waals surface area contributed by atoms with Gasteiger partial charge in [-0.3, -0.25) is 4.79 Å². The average molecular weight is 283 g/mol. The van der Waals surface area contributed by atoms with Crippen LogP contribution in [0.2, 0.25) is 0 Å². The summed E-state index contributed by atoms with van der Waals surface area (Å²) in [4.78, 5) is 19.9. The number of amides is 1. The number of hydrogen-bond acceptors (Lipinski definition) is 5. The topological polar surface area (TPSA) is 85.8 Å². The number of carbonyl (C=O) groups excluding carboxylic acids is 1. The highest BCUT2D eigenvalue weighted by Crippen LogP contribution is 2.13. The summed E-state index contributed by atoms with van der Waals surface area (Å²) in [5.74, 6) is 0.228. The Labute approximate surface area is 120 Å². The highest BCUT2D eigenvalue weighted by molar-refractivity contribution is 5.93. The first-order valence-corrected chi connectivity index (χ1v) is 6.37. The van der Waals surface area contributed by atoms with E-state index in [1.165, 1.54) is 12.7 Å². The molecule has 106 valence electrons. The van der Waals surface area contributed by atoms with Gasteiger partial charge in [0, 0.05) is 6.54 Å². The standard InChI is InChI=1S/C14H13N5O2/c1-10-13(17-9-21-10)14(20)16-6-11-4-2-3-5-12(11)19-8-15-7-18-19/h2-5,7-9H,6H2,1H3,(H,16,20). The second-order valence-electron chi connectivity index (χ2n) is 4.41. The van der Waals surface area contributed by atoms with Crippen LogP contribution in [0.15, 0.2) is 47.7 Å². The van der Waals surface area contributed by atoms with Crippen LogP contribution < -0.4 is 5.32 Å². The third-order valence-electron chi connectivity index (χ3n) is 3.06. The molecule has 1 amide bonds. The third kappa shape index (κ3) is 2.66. The first-order valence-electron chi connectivity index (χ1n) is 6.37. The quantitative estimate of drug-likeness (QED) is 0.784. The van der Waals surface area contributed by atoms with Gasteiger partial charge in [-0.1, -0.05) is 18.2 Å². The highest BCUT2D eigenvalue weighted by atomic mass is 16.3. The highest BCUT2D eigenvalue weighted by Gasteiger charge is 2.13. The number of aromatic nitrogens is 4. The first-order chi connectivity index (χ1) is 10.3. The molecule has 2 heterocycles. The van der Waals surface area contributed by atoms with Crippen LogP contribution >= 0.6 is 0 Å². The van der Waals surface area contributed by atoms with Gasteiger partial charge in [0.15, 0.2) is 12.1 Å². The van der Waals surface area contributed by atoms with Crippen molar-refractivity contribution in [2.45, 2.75) is 13.5 Å². The lowest BCUT2D eigenvalue weighted by molar-refractivity contribution is 0.0945. The molecule has 0 spiro atoms. The fourth-order valence-electron chi connectivity index (χ4n) is 2.00. The van der Waals surface area contributed by atoms with Crippen molar-refractivity contribution >= 4 is 5.91 Å². The van der Waals surface area contributed by atoms with Gasteiger partial charge in [0.2, 0.25) is 0 Å². The molecular formula is C14H13N5O2. The monoisotopic (exact) mass is 283 g/mol. The summed E-state index contributed by atoms with van der Waals surface area (Å²) in [6, 6.07) is 7.65. The minimum absolute atomic E-state index is 0.269. The van der Waals surface area contributed by atoms with Crippen molar-refractivity contribution in [3.8, 4) is 5.69 Å². The summed E-state index contributed by atoms with van der Waals surface area (Å²) < 4.78 is 6.68. The van der Waals surface area contributed by atoms with Crippen LogP contribution in [0.1, 0.15) is 21.8 Å². The Hall–Kier alpha value is -2.96. The average Bonchev–Trinajstić information content (AvgIpc) is 3.16. The summed E-state index contributed by atoms with van der Waals surface area (Å²) in [6.45, 7) is 2.06.